The van der Waals surface area contributed by atoms with Crippen LogP contribution in [0.4, 0.5) is 0 Å². The van der Waals surface area contributed by atoms with Crippen molar-refractivity contribution < 1.29 is 19.3 Å². The van der Waals surface area contributed by atoms with Crippen molar-refractivity contribution in [1.29, 1.82) is 0 Å². The van der Waals surface area contributed by atoms with Crippen molar-refractivity contribution in [3.63, 3.8) is 0 Å². The van der Waals surface area contributed by atoms with E-state index >= 15 is 0 Å². The van der Waals surface area contributed by atoms with Gasteiger partial charge in [-0.15, -0.1) is 0 Å². The number of hydrogen-bond donors (Lipinski definition) is 1. The van der Waals surface area contributed by atoms with Crippen LogP contribution in [0, 0.1) is 0 Å². The SMILES string of the molecule is COc1ccc(C(OCc2ccc(-c3cccc(O)c3)nc2)(c2ccccc2)c2ccc(OC)cc2)cc1. The van der Waals surface area contributed by atoms with Crippen molar-refractivity contribution in [1.82, 2.24) is 4.98 Å². The number of nitrogens with zero attached hydrogens (tertiary/aromatic N) is 1. The summed E-state index contributed by atoms with van der Waals surface area (Å²) in [5.74, 6) is 1.76. The van der Waals surface area contributed by atoms with E-state index in [1.807, 2.05) is 91.1 Å². The van der Waals surface area contributed by atoms with Gasteiger partial charge in [0.15, 0.2) is 0 Å². The molecular formula is C33H29NO4. The molecule has 0 atom stereocenters. The summed E-state index contributed by atoms with van der Waals surface area (Å²) >= 11 is 0. The highest BCUT2D eigenvalue weighted by Gasteiger charge is 2.38. The van der Waals surface area contributed by atoms with Crippen LogP contribution in [0.5, 0.6) is 17.2 Å². The summed E-state index contributed by atoms with van der Waals surface area (Å²) in [5, 5.41) is 9.83. The number of pyridine rings is 1. The van der Waals surface area contributed by atoms with Gasteiger partial charge >= 0.3 is 0 Å². The molecule has 0 saturated heterocycles. The Morgan fingerprint density at radius 2 is 1.26 bits per heavy atom. The van der Waals surface area contributed by atoms with E-state index in [1.54, 1.807) is 32.4 Å². The van der Waals surface area contributed by atoms with Crippen LogP contribution in [-0.2, 0) is 16.9 Å². The molecule has 4 aromatic carbocycles. The van der Waals surface area contributed by atoms with E-state index in [0.29, 0.717) is 6.61 Å². The summed E-state index contributed by atoms with van der Waals surface area (Å²) < 4.78 is 17.8. The fraction of sp³-hybridized carbons (Fsp3) is 0.121. The van der Waals surface area contributed by atoms with Crippen LogP contribution in [-0.4, -0.2) is 24.3 Å². The van der Waals surface area contributed by atoms with E-state index in [1.165, 1.54) is 0 Å². The predicted molar refractivity (Wildman–Crippen MR) is 148 cm³/mol. The minimum atomic E-state index is -0.899. The zero-order valence-corrected chi connectivity index (χ0v) is 21.4. The molecule has 1 aromatic heterocycles. The largest absolute Gasteiger partial charge is 0.508 e. The Kier molecular flexibility index (Phi) is 7.38. The number of ether oxygens (including phenoxy) is 3. The molecule has 0 aliphatic carbocycles. The van der Waals surface area contributed by atoms with Crippen molar-refractivity contribution in [3.8, 4) is 28.5 Å². The Morgan fingerprint density at radius 3 is 1.79 bits per heavy atom. The number of phenolic OH excluding ortho intramolecular Hbond substituents is 1. The van der Waals surface area contributed by atoms with Gasteiger partial charge in [0.2, 0.25) is 0 Å². The number of aromatic hydroxyl groups is 1. The summed E-state index contributed by atoms with van der Waals surface area (Å²) in [6.45, 7) is 0.320. The van der Waals surface area contributed by atoms with Crippen LogP contribution in [0.25, 0.3) is 11.3 Å². The lowest BCUT2D eigenvalue weighted by molar-refractivity contribution is 0.0000785. The average molecular weight is 504 g/mol. The van der Waals surface area contributed by atoms with Crippen LogP contribution in [0.3, 0.4) is 0 Å². The van der Waals surface area contributed by atoms with E-state index in [4.69, 9.17) is 14.2 Å². The van der Waals surface area contributed by atoms with Gasteiger partial charge < -0.3 is 19.3 Å². The molecule has 0 spiro atoms. The third kappa shape index (κ3) is 5.10. The summed E-state index contributed by atoms with van der Waals surface area (Å²) in [6.07, 6.45) is 1.82. The molecule has 5 aromatic rings. The fourth-order valence-corrected chi connectivity index (χ4v) is 4.61. The summed E-state index contributed by atoms with van der Waals surface area (Å²) in [7, 11) is 3.32. The molecule has 0 fully saturated rings. The molecule has 0 aliphatic heterocycles. The lowest BCUT2D eigenvalue weighted by Crippen LogP contribution is -2.32. The molecule has 0 amide bonds. The Hall–Kier alpha value is -4.61. The maximum atomic E-state index is 9.83. The van der Waals surface area contributed by atoms with E-state index in [-0.39, 0.29) is 5.75 Å². The zero-order valence-electron chi connectivity index (χ0n) is 21.4. The molecule has 0 saturated carbocycles. The fourth-order valence-electron chi connectivity index (χ4n) is 4.61. The molecule has 190 valence electrons. The molecule has 0 radical (unpaired) electrons. The Bertz CT molecular complexity index is 1420. The molecule has 0 unspecified atom stereocenters. The first kappa shape index (κ1) is 25.1. The number of phenols is 1. The lowest BCUT2D eigenvalue weighted by Gasteiger charge is -2.36. The quantitative estimate of drug-likeness (QED) is 0.220. The number of hydrogen-bond acceptors (Lipinski definition) is 5. The molecule has 0 bridgehead atoms. The zero-order chi connectivity index (χ0) is 26.4. The van der Waals surface area contributed by atoms with Crippen molar-refractivity contribution in [3.05, 3.63) is 144 Å². The maximum absolute atomic E-state index is 9.83. The van der Waals surface area contributed by atoms with Crippen LogP contribution < -0.4 is 9.47 Å². The van der Waals surface area contributed by atoms with Crippen LogP contribution in [0.15, 0.2) is 121 Å². The summed E-state index contributed by atoms with van der Waals surface area (Å²) in [4.78, 5) is 4.63. The Balaban J connectivity index is 1.56. The van der Waals surface area contributed by atoms with Gasteiger partial charge in [0.25, 0.3) is 0 Å². The van der Waals surface area contributed by atoms with Crippen molar-refractivity contribution in [2.45, 2.75) is 12.2 Å². The first-order valence-corrected chi connectivity index (χ1v) is 12.4. The van der Waals surface area contributed by atoms with Crippen LogP contribution in [0.2, 0.25) is 0 Å². The van der Waals surface area contributed by atoms with Crippen LogP contribution in [0.1, 0.15) is 22.3 Å². The average Bonchev–Trinajstić information content (AvgIpc) is 2.99. The first-order valence-electron chi connectivity index (χ1n) is 12.4. The third-order valence-corrected chi connectivity index (χ3v) is 6.60. The minimum absolute atomic E-state index is 0.211. The van der Waals surface area contributed by atoms with Crippen molar-refractivity contribution in [2.75, 3.05) is 14.2 Å². The summed E-state index contributed by atoms with van der Waals surface area (Å²) in [6, 6.07) is 37.2. The lowest BCUT2D eigenvalue weighted by atomic mass is 9.80. The third-order valence-electron chi connectivity index (χ3n) is 6.60. The molecule has 1 N–H and O–H groups in total. The number of benzene rings is 4. The molecule has 5 rings (SSSR count). The van der Waals surface area contributed by atoms with Gasteiger partial charge in [-0.25, -0.2) is 0 Å². The minimum Gasteiger partial charge on any atom is -0.508 e. The summed E-state index contributed by atoms with van der Waals surface area (Å²) in [5.41, 5.74) is 4.61. The smallest absolute Gasteiger partial charge is 0.144 e. The van der Waals surface area contributed by atoms with Gasteiger partial charge in [0, 0.05) is 11.8 Å². The topological polar surface area (TPSA) is 60.8 Å². The monoisotopic (exact) mass is 503 g/mol. The van der Waals surface area contributed by atoms with Gasteiger partial charge in [0.1, 0.15) is 22.8 Å². The Morgan fingerprint density at radius 1 is 0.658 bits per heavy atom. The number of aromatic nitrogens is 1. The highest BCUT2D eigenvalue weighted by molar-refractivity contribution is 5.61. The standard InChI is InChI=1S/C33H29NO4/c1-36-30-16-12-27(13-17-30)33(26-8-4-3-5-9-26,28-14-18-31(37-2)19-15-28)38-23-24-11-20-32(34-22-24)25-7-6-10-29(35)21-25/h3-22,35H,23H2,1-2H3. The molecule has 5 heteroatoms. The van der Waals surface area contributed by atoms with E-state index in [0.717, 1.165) is 45.0 Å². The van der Waals surface area contributed by atoms with Gasteiger partial charge in [0.05, 0.1) is 26.5 Å². The highest BCUT2D eigenvalue weighted by atomic mass is 16.5. The van der Waals surface area contributed by atoms with Crippen LogP contribution >= 0.6 is 0 Å². The molecule has 0 aliphatic rings. The van der Waals surface area contributed by atoms with Gasteiger partial charge in [-0.05, 0) is 64.7 Å². The second kappa shape index (κ2) is 11.2. The molecule has 1 heterocycles. The van der Waals surface area contributed by atoms with Crippen molar-refractivity contribution >= 4 is 0 Å². The van der Waals surface area contributed by atoms with Crippen molar-refractivity contribution in [2.24, 2.45) is 0 Å². The maximum Gasteiger partial charge on any atom is 0.144 e. The van der Waals surface area contributed by atoms with Gasteiger partial charge in [-0.2, -0.15) is 0 Å². The highest BCUT2D eigenvalue weighted by Crippen LogP contribution is 2.42. The van der Waals surface area contributed by atoms with E-state index in [9.17, 15) is 5.11 Å². The molecular weight excluding hydrogens is 474 g/mol. The normalized spacial score (nSPS) is 11.2. The number of methoxy groups -OCH3 is 2. The van der Waals surface area contributed by atoms with E-state index < -0.39 is 5.60 Å². The first-order chi connectivity index (χ1) is 18.6. The van der Waals surface area contributed by atoms with Gasteiger partial charge in [-0.3, -0.25) is 4.98 Å². The molecule has 38 heavy (non-hydrogen) atoms. The number of rotatable bonds is 9. The van der Waals surface area contributed by atoms with E-state index in [2.05, 4.69) is 17.1 Å². The van der Waals surface area contributed by atoms with Gasteiger partial charge in [-0.1, -0.05) is 72.8 Å². The predicted octanol–water partition coefficient (Wildman–Crippen LogP) is 6.98. The second-order valence-corrected chi connectivity index (χ2v) is 8.89. The Labute approximate surface area is 222 Å². The second-order valence-electron chi connectivity index (χ2n) is 8.89. The molecule has 5 nitrogen and oxygen atoms in total.